The molecule has 0 heterocycles. The lowest BCUT2D eigenvalue weighted by Gasteiger charge is -2.27. The molecule has 0 unspecified atom stereocenters. The van der Waals surface area contributed by atoms with Crippen LogP contribution in [0.2, 0.25) is 0 Å². The number of carboxylic acids is 1. The van der Waals surface area contributed by atoms with Gasteiger partial charge in [0.15, 0.2) is 9.99 Å². The molecule has 11 nitrogen and oxygen atoms in total. The van der Waals surface area contributed by atoms with Crippen molar-refractivity contribution in [2.45, 2.75) is 51.0 Å². The van der Waals surface area contributed by atoms with Crippen LogP contribution in [0.15, 0.2) is 0 Å². The number of aliphatic carboxylic acids is 1. The van der Waals surface area contributed by atoms with E-state index in [-0.39, 0.29) is 25.8 Å². The number of ether oxygens (including phenoxy) is 1. The fourth-order valence-electron chi connectivity index (χ4n) is 1.87. The Morgan fingerprint density at radius 1 is 1.07 bits per heavy atom. The van der Waals surface area contributed by atoms with Gasteiger partial charge in [-0.25, -0.2) is 4.79 Å². The summed E-state index contributed by atoms with van der Waals surface area (Å²) < 4.78 is 4.40. The molecule has 0 aromatic rings. The smallest absolute Gasteiger partial charge is 0.340 e. The first-order valence-corrected chi connectivity index (χ1v) is 9.50. The Bertz CT molecular complexity index is 638. The number of methoxy groups -OCH3 is 1. The van der Waals surface area contributed by atoms with Crippen LogP contribution in [0.5, 0.6) is 0 Å². The minimum atomic E-state index is -1.97. The summed E-state index contributed by atoms with van der Waals surface area (Å²) in [7, 11) is 1.16. The largest absolute Gasteiger partial charge is 0.479 e. The van der Waals surface area contributed by atoms with Crippen LogP contribution in [0, 0.1) is 5.41 Å². The highest BCUT2D eigenvalue weighted by Crippen LogP contribution is 2.25. The van der Waals surface area contributed by atoms with Crippen molar-refractivity contribution in [3.05, 3.63) is 0 Å². The van der Waals surface area contributed by atoms with E-state index in [4.69, 9.17) is 5.11 Å². The van der Waals surface area contributed by atoms with Crippen molar-refractivity contribution in [1.29, 1.82) is 0 Å². The maximum atomic E-state index is 12.0. The number of carboxylic acid groups (broad SMARTS) is 1. The maximum absolute atomic E-state index is 12.0. The van der Waals surface area contributed by atoms with Crippen LogP contribution in [-0.4, -0.2) is 75.4 Å². The molecule has 0 saturated carbocycles. The number of esters is 1. The lowest BCUT2D eigenvalue weighted by Crippen LogP contribution is -2.51. The summed E-state index contributed by atoms with van der Waals surface area (Å²) in [5.41, 5.74) is -1.07. The van der Waals surface area contributed by atoms with Gasteiger partial charge in [-0.1, -0.05) is 13.8 Å². The SMILES string of the molecule is COC(=O)CCC(=O)S[C@@](C)(NC(=O)CCNC(=O)[C@H](O)C(C)(C)CO)C(=O)O. The predicted octanol–water partition coefficient (Wildman–Crippen LogP) is -0.998. The summed E-state index contributed by atoms with van der Waals surface area (Å²) in [4.78, 5) is 56.4. The Labute approximate surface area is 172 Å². The van der Waals surface area contributed by atoms with Crippen LogP contribution < -0.4 is 10.6 Å². The molecule has 0 radical (unpaired) electrons. The lowest BCUT2D eigenvalue weighted by atomic mass is 9.87. The molecule has 0 bridgehead atoms. The summed E-state index contributed by atoms with van der Waals surface area (Å²) in [5, 5.41) is 32.2. The second kappa shape index (κ2) is 11.7. The molecule has 0 spiro atoms. The summed E-state index contributed by atoms with van der Waals surface area (Å²) in [6.45, 7) is 3.47. The van der Waals surface area contributed by atoms with Crippen molar-refractivity contribution in [3.8, 4) is 0 Å². The molecule has 0 aliphatic heterocycles. The summed E-state index contributed by atoms with van der Waals surface area (Å²) in [5.74, 6) is -3.63. The van der Waals surface area contributed by atoms with Gasteiger partial charge in [0.05, 0.1) is 20.1 Å². The molecule has 2 atom stereocenters. The first kappa shape index (κ1) is 26.8. The van der Waals surface area contributed by atoms with Crippen LogP contribution in [0.25, 0.3) is 0 Å². The highest BCUT2D eigenvalue weighted by atomic mass is 32.2. The van der Waals surface area contributed by atoms with Gasteiger partial charge in [0.1, 0.15) is 6.10 Å². The zero-order chi connectivity index (χ0) is 22.8. The number of aliphatic hydroxyl groups is 2. The molecule has 29 heavy (non-hydrogen) atoms. The number of rotatable bonds is 12. The van der Waals surface area contributed by atoms with Gasteiger partial charge in [-0.15, -0.1) is 0 Å². The van der Waals surface area contributed by atoms with Crippen LogP contribution in [0.3, 0.4) is 0 Å². The number of carbonyl (C=O) groups is 5. The minimum absolute atomic E-state index is 0.195. The molecule has 166 valence electrons. The van der Waals surface area contributed by atoms with Crippen molar-refractivity contribution >= 4 is 40.6 Å². The van der Waals surface area contributed by atoms with Crippen molar-refractivity contribution in [1.82, 2.24) is 10.6 Å². The van der Waals surface area contributed by atoms with Crippen LogP contribution in [0.1, 0.15) is 40.0 Å². The van der Waals surface area contributed by atoms with Crippen molar-refractivity contribution in [2.75, 3.05) is 20.3 Å². The maximum Gasteiger partial charge on any atom is 0.340 e. The van der Waals surface area contributed by atoms with Crippen molar-refractivity contribution in [3.63, 3.8) is 0 Å². The third-order valence-electron chi connectivity index (χ3n) is 3.91. The van der Waals surface area contributed by atoms with Crippen LogP contribution >= 0.6 is 11.8 Å². The Kier molecular flexibility index (Phi) is 10.9. The number of nitrogens with one attached hydrogen (secondary N) is 2. The third-order valence-corrected chi connectivity index (χ3v) is 5.03. The molecule has 2 amide bonds. The molecule has 0 rings (SSSR count). The normalized spacial score (nSPS) is 14.3. The first-order chi connectivity index (χ1) is 13.3. The van der Waals surface area contributed by atoms with Crippen molar-refractivity contribution in [2.24, 2.45) is 5.41 Å². The summed E-state index contributed by atoms with van der Waals surface area (Å²) in [6, 6.07) is 0. The van der Waals surface area contributed by atoms with E-state index in [1.165, 1.54) is 13.8 Å². The molecule has 12 heteroatoms. The standard InChI is InChI=1S/C17H28N2O9S/c1-16(2,9-20)13(24)14(25)18-8-7-10(21)19-17(3,15(26)27)29-12(23)6-5-11(22)28-4/h13,20,24H,5-9H2,1-4H3,(H,18,25)(H,19,21)(H,26,27)/t13-,17+/m0/s1. The monoisotopic (exact) mass is 436 g/mol. The Balaban J connectivity index is 4.67. The third kappa shape index (κ3) is 9.24. The van der Waals surface area contributed by atoms with E-state index >= 15 is 0 Å². The number of amides is 2. The van der Waals surface area contributed by atoms with E-state index in [0.29, 0.717) is 11.8 Å². The second-order valence-electron chi connectivity index (χ2n) is 7.03. The summed E-state index contributed by atoms with van der Waals surface area (Å²) in [6.07, 6.45) is -2.28. The van der Waals surface area contributed by atoms with E-state index < -0.39 is 51.9 Å². The number of thioether (sulfide) groups is 1. The quantitative estimate of drug-likeness (QED) is 0.188. The average Bonchev–Trinajstić information content (AvgIpc) is 2.64. The van der Waals surface area contributed by atoms with E-state index in [9.17, 15) is 34.2 Å². The Hall–Kier alpha value is -2.18. The van der Waals surface area contributed by atoms with Gasteiger partial charge >= 0.3 is 11.9 Å². The summed E-state index contributed by atoms with van der Waals surface area (Å²) >= 11 is 0.354. The number of carbonyl (C=O) groups excluding carboxylic acids is 4. The fourth-order valence-corrected chi connectivity index (χ4v) is 2.78. The molecule has 0 aliphatic carbocycles. The molecule has 0 aromatic heterocycles. The highest BCUT2D eigenvalue weighted by Gasteiger charge is 2.38. The number of aliphatic hydroxyl groups excluding tert-OH is 2. The highest BCUT2D eigenvalue weighted by molar-refractivity contribution is 8.15. The fraction of sp³-hybridized carbons (Fsp3) is 0.706. The Morgan fingerprint density at radius 2 is 1.66 bits per heavy atom. The molecule has 5 N–H and O–H groups in total. The van der Waals surface area contributed by atoms with Crippen LogP contribution in [-0.2, 0) is 28.7 Å². The van der Waals surface area contributed by atoms with E-state index in [1.807, 2.05) is 0 Å². The average molecular weight is 436 g/mol. The van der Waals surface area contributed by atoms with Gasteiger partial charge in [0.25, 0.3) is 0 Å². The molecule has 0 fully saturated rings. The van der Waals surface area contributed by atoms with Gasteiger partial charge in [-0.2, -0.15) is 0 Å². The topological polar surface area (TPSA) is 179 Å². The molecule has 0 aliphatic rings. The van der Waals surface area contributed by atoms with Gasteiger partial charge in [0.2, 0.25) is 11.8 Å². The Morgan fingerprint density at radius 3 is 2.14 bits per heavy atom. The van der Waals surface area contributed by atoms with Gasteiger partial charge in [-0.05, 0) is 18.7 Å². The number of hydrogen-bond donors (Lipinski definition) is 5. The van der Waals surface area contributed by atoms with Crippen molar-refractivity contribution < 1.29 is 44.0 Å². The van der Waals surface area contributed by atoms with Gasteiger partial charge in [0, 0.05) is 24.8 Å². The zero-order valence-electron chi connectivity index (χ0n) is 16.8. The predicted molar refractivity (Wildman–Crippen MR) is 103 cm³/mol. The molecular formula is C17H28N2O9S. The van der Waals surface area contributed by atoms with E-state index in [1.54, 1.807) is 0 Å². The minimum Gasteiger partial charge on any atom is -0.479 e. The van der Waals surface area contributed by atoms with Gasteiger partial charge in [-0.3, -0.25) is 19.2 Å². The molecule has 0 aromatic carbocycles. The zero-order valence-corrected chi connectivity index (χ0v) is 17.6. The second-order valence-corrected chi connectivity index (χ2v) is 8.50. The number of hydrogen-bond acceptors (Lipinski definition) is 9. The van der Waals surface area contributed by atoms with E-state index in [2.05, 4.69) is 15.4 Å². The lowest BCUT2D eigenvalue weighted by molar-refractivity contribution is -0.143. The van der Waals surface area contributed by atoms with E-state index in [0.717, 1.165) is 14.0 Å². The van der Waals surface area contributed by atoms with Gasteiger partial charge < -0.3 is 30.7 Å². The molecule has 0 saturated heterocycles. The molecular weight excluding hydrogens is 408 g/mol. The van der Waals surface area contributed by atoms with Crippen LogP contribution in [0.4, 0.5) is 0 Å². The first-order valence-electron chi connectivity index (χ1n) is 8.68.